The minimum atomic E-state index is -0.158. The Balaban J connectivity index is 1.52. The number of carbonyl (C=O) groups is 2. The lowest BCUT2D eigenvalue weighted by Gasteiger charge is -2.24. The number of thiazole rings is 1. The fourth-order valence-corrected chi connectivity index (χ4v) is 3.96. The van der Waals surface area contributed by atoms with Gasteiger partial charge in [0, 0.05) is 31.0 Å². The molecule has 116 valence electrons. The van der Waals surface area contributed by atoms with Gasteiger partial charge in [-0.05, 0) is 35.2 Å². The van der Waals surface area contributed by atoms with Crippen molar-refractivity contribution >= 4 is 39.6 Å². The molecule has 2 amide bonds. The van der Waals surface area contributed by atoms with E-state index in [0.29, 0.717) is 5.13 Å². The van der Waals surface area contributed by atoms with Gasteiger partial charge in [-0.15, -0.1) is 11.3 Å². The van der Waals surface area contributed by atoms with Crippen molar-refractivity contribution in [2.45, 2.75) is 31.7 Å². The molecule has 0 unspecified atom stereocenters. The molecule has 1 saturated heterocycles. The van der Waals surface area contributed by atoms with Gasteiger partial charge in [-0.3, -0.25) is 9.59 Å². The Kier molecular flexibility index (Phi) is 4.84. The normalized spacial score (nSPS) is 17.6. The van der Waals surface area contributed by atoms with Gasteiger partial charge in [0.1, 0.15) is 0 Å². The lowest BCUT2D eigenvalue weighted by Crippen LogP contribution is -2.31. The molecule has 0 aromatic carbocycles. The lowest BCUT2D eigenvalue weighted by atomic mass is 10.1. The maximum absolute atomic E-state index is 12.4. The summed E-state index contributed by atoms with van der Waals surface area (Å²) in [6.45, 7) is 0.785. The minimum Gasteiger partial charge on any atom is -0.336 e. The van der Waals surface area contributed by atoms with Gasteiger partial charge in [-0.1, -0.05) is 0 Å². The molecule has 1 aliphatic heterocycles. The van der Waals surface area contributed by atoms with Gasteiger partial charge < -0.3 is 10.2 Å². The third-order valence-electron chi connectivity index (χ3n) is 3.75. The third kappa shape index (κ3) is 3.53. The Labute approximate surface area is 137 Å². The zero-order chi connectivity index (χ0) is 15.4. The predicted molar refractivity (Wildman–Crippen MR) is 88.0 cm³/mol. The van der Waals surface area contributed by atoms with Gasteiger partial charge in [0.15, 0.2) is 5.13 Å². The summed E-state index contributed by atoms with van der Waals surface area (Å²) in [5.41, 5.74) is 1.21. The highest BCUT2D eigenvalue weighted by Gasteiger charge is 2.30. The quantitative estimate of drug-likeness (QED) is 0.912. The van der Waals surface area contributed by atoms with Crippen molar-refractivity contribution in [3.05, 3.63) is 34.0 Å². The van der Waals surface area contributed by atoms with E-state index in [2.05, 4.69) is 21.7 Å². The van der Waals surface area contributed by atoms with Crippen LogP contribution in [0.1, 0.15) is 37.3 Å². The Morgan fingerprint density at radius 1 is 1.36 bits per heavy atom. The molecule has 0 spiro atoms. The maximum atomic E-state index is 12.4. The summed E-state index contributed by atoms with van der Waals surface area (Å²) in [4.78, 5) is 30.1. The molecule has 2 aromatic rings. The number of likely N-dealkylation sites (tertiary alicyclic amines) is 1. The number of hydrogen-bond acceptors (Lipinski definition) is 5. The molecular weight excluding hydrogens is 318 g/mol. The molecule has 3 heterocycles. The number of nitrogens with zero attached hydrogens (tertiary/aromatic N) is 2. The Morgan fingerprint density at radius 3 is 3.00 bits per heavy atom. The molecule has 7 heteroatoms. The standard InChI is InChI=1S/C15H17N3O2S2/c19-13(17-15-16-6-9-22-15)3-4-14(20)18-7-1-2-12(18)11-5-8-21-10-11/h5-6,8-10,12H,1-4,7H2,(H,16,17,19)/t12-/m0/s1. The number of nitrogens with one attached hydrogen (secondary N) is 1. The predicted octanol–water partition coefficient (Wildman–Crippen LogP) is 3.29. The Hall–Kier alpha value is -1.73. The van der Waals surface area contributed by atoms with E-state index >= 15 is 0 Å². The van der Waals surface area contributed by atoms with E-state index in [4.69, 9.17) is 0 Å². The highest BCUT2D eigenvalue weighted by molar-refractivity contribution is 7.13. The number of hydrogen-bond donors (Lipinski definition) is 1. The average Bonchev–Trinajstić information content (AvgIpc) is 3.23. The van der Waals surface area contributed by atoms with Crippen LogP contribution in [0.3, 0.4) is 0 Å². The summed E-state index contributed by atoms with van der Waals surface area (Å²) in [5, 5.41) is 9.23. The summed E-state index contributed by atoms with van der Waals surface area (Å²) in [6, 6.07) is 2.26. The Morgan fingerprint density at radius 2 is 2.27 bits per heavy atom. The van der Waals surface area contributed by atoms with Crippen LogP contribution in [0, 0.1) is 0 Å². The van der Waals surface area contributed by atoms with Crippen LogP contribution >= 0.6 is 22.7 Å². The summed E-state index contributed by atoms with van der Waals surface area (Å²) in [6.07, 6.45) is 4.12. The van der Waals surface area contributed by atoms with E-state index in [9.17, 15) is 9.59 Å². The van der Waals surface area contributed by atoms with E-state index in [1.165, 1.54) is 16.9 Å². The van der Waals surface area contributed by atoms with Crippen molar-refractivity contribution in [3.8, 4) is 0 Å². The summed E-state index contributed by atoms with van der Waals surface area (Å²) >= 11 is 3.02. The van der Waals surface area contributed by atoms with E-state index in [0.717, 1.165) is 19.4 Å². The SMILES string of the molecule is O=C(CCC(=O)N1CCC[C@H]1c1ccsc1)Nc1nccs1. The lowest BCUT2D eigenvalue weighted by molar-refractivity contribution is -0.133. The number of anilines is 1. The maximum Gasteiger partial charge on any atom is 0.226 e. The third-order valence-corrected chi connectivity index (χ3v) is 5.14. The van der Waals surface area contributed by atoms with Crippen molar-refractivity contribution in [1.29, 1.82) is 0 Å². The van der Waals surface area contributed by atoms with Gasteiger partial charge in [0.25, 0.3) is 0 Å². The van der Waals surface area contributed by atoms with Crippen LogP contribution in [-0.4, -0.2) is 28.2 Å². The van der Waals surface area contributed by atoms with Crippen molar-refractivity contribution in [1.82, 2.24) is 9.88 Å². The largest absolute Gasteiger partial charge is 0.336 e. The molecule has 5 nitrogen and oxygen atoms in total. The summed E-state index contributed by atoms with van der Waals surface area (Å²) in [7, 11) is 0. The van der Waals surface area contributed by atoms with E-state index in [1.54, 1.807) is 22.9 Å². The van der Waals surface area contributed by atoms with Crippen molar-refractivity contribution < 1.29 is 9.59 Å². The summed E-state index contributed by atoms with van der Waals surface area (Å²) < 4.78 is 0. The zero-order valence-corrected chi connectivity index (χ0v) is 13.7. The minimum absolute atomic E-state index is 0.0583. The summed E-state index contributed by atoms with van der Waals surface area (Å²) in [5.74, 6) is -0.0995. The van der Waals surface area contributed by atoms with Gasteiger partial charge in [-0.25, -0.2) is 4.98 Å². The molecule has 0 radical (unpaired) electrons. The molecular formula is C15H17N3O2S2. The Bertz CT molecular complexity index is 625. The second-order valence-electron chi connectivity index (χ2n) is 5.19. The van der Waals surface area contributed by atoms with Gasteiger partial charge in [0.05, 0.1) is 6.04 Å². The fourth-order valence-electron chi connectivity index (χ4n) is 2.71. The van der Waals surface area contributed by atoms with Crippen molar-refractivity contribution in [2.75, 3.05) is 11.9 Å². The first-order valence-corrected chi connectivity index (χ1v) is 9.07. The van der Waals surface area contributed by atoms with E-state index in [1.807, 2.05) is 10.3 Å². The first-order valence-electron chi connectivity index (χ1n) is 7.25. The molecule has 1 fully saturated rings. The van der Waals surface area contributed by atoms with Crippen LogP contribution in [0.25, 0.3) is 0 Å². The average molecular weight is 335 g/mol. The van der Waals surface area contributed by atoms with Crippen molar-refractivity contribution in [3.63, 3.8) is 0 Å². The van der Waals surface area contributed by atoms with Crippen LogP contribution in [0.2, 0.25) is 0 Å². The molecule has 2 aromatic heterocycles. The number of aromatic nitrogens is 1. The van der Waals surface area contributed by atoms with Gasteiger partial charge in [-0.2, -0.15) is 11.3 Å². The van der Waals surface area contributed by atoms with E-state index in [-0.39, 0.29) is 30.7 Å². The topological polar surface area (TPSA) is 62.3 Å². The molecule has 1 N–H and O–H groups in total. The molecule has 3 rings (SSSR count). The molecule has 0 bridgehead atoms. The first kappa shape index (κ1) is 15.2. The van der Waals surface area contributed by atoms with Gasteiger partial charge in [0.2, 0.25) is 11.8 Å². The fraction of sp³-hybridized carbons (Fsp3) is 0.400. The van der Waals surface area contributed by atoms with Crippen LogP contribution in [-0.2, 0) is 9.59 Å². The number of carbonyl (C=O) groups excluding carboxylic acids is 2. The molecule has 22 heavy (non-hydrogen) atoms. The van der Waals surface area contributed by atoms with Crippen LogP contribution in [0.4, 0.5) is 5.13 Å². The van der Waals surface area contributed by atoms with Crippen LogP contribution in [0.5, 0.6) is 0 Å². The molecule has 0 saturated carbocycles. The first-order chi connectivity index (χ1) is 10.7. The smallest absolute Gasteiger partial charge is 0.226 e. The molecule has 1 aliphatic rings. The van der Waals surface area contributed by atoms with Crippen LogP contribution < -0.4 is 5.32 Å². The van der Waals surface area contributed by atoms with Gasteiger partial charge >= 0.3 is 0 Å². The van der Waals surface area contributed by atoms with Crippen LogP contribution in [0.15, 0.2) is 28.4 Å². The highest BCUT2D eigenvalue weighted by Crippen LogP contribution is 2.33. The second-order valence-corrected chi connectivity index (χ2v) is 6.86. The highest BCUT2D eigenvalue weighted by atomic mass is 32.1. The molecule has 0 aliphatic carbocycles. The number of thiophene rings is 1. The molecule has 1 atom stereocenters. The zero-order valence-electron chi connectivity index (χ0n) is 12.0. The van der Waals surface area contributed by atoms with Crippen molar-refractivity contribution in [2.24, 2.45) is 0 Å². The van der Waals surface area contributed by atoms with E-state index < -0.39 is 0 Å². The monoisotopic (exact) mass is 335 g/mol. The number of rotatable bonds is 5. The number of amides is 2. The second kappa shape index (κ2) is 7.02.